The predicted octanol–water partition coefficient (Wildman–Crippen LogP) is 2.44. The van der Waals surface area contributed by atoms with Crippen LogP contribution in [0.15, 0.2) is 6.07 Å². The van der Waals surface area contributed by atoms with Crippen LogP contribution in [0.3, 0.4) is 0 Å². The van der Waals surface area contributed by atoms with Crippen LogP contribution >= 0.6 is 0 Å². The summed E-state index contributed by atoms with van der Waals surface area (Å²) in [6.07, 6.45) is -8.91. The maximum absolute atomic E-state index is 12.8. The Morgan fingerprint density at radius 3 is 2.47 bits per heavy atom. The lowest BCUT2D eigenvalue weighted by molar-refractivity contribution is -0.276. The highest BCUT2D eigenvalue weighted by Gasteiger charge is 2.35. The van der Waals surface area contributed by atoms with E-state index >= 15 is 0 Å². The van der Waals surface area contributed by atoms with Gasteiger partial charge >= 0.3 is 6.36 Å². The molecule has 0 saturated carbocycles. The summed E-state index contributed by atoms with van der Waals surface area (Å²) in [6.45, 7) is -0.268. The van der Waals surface area contributed by atoms with Crippen LogP contribution in [-0.4, -0.2) is 11.3 Å². The minimum absolute atomic E-state index is 0.0751. The van der Waals surface area contributed by atoms with Gasteiger partial charge in [-0.2, -0.15) is 5.26 Å². The van der Waals surface area contributed by atoms with Crippen molar-refractivity contribution in [2.75, 3.05) is 0 Å². The van der Waals surface area contributed by atoms with Crippen LogP contribution in [0.4, 0.5) is 22.0 Å². The van der Waals surface area contributed by atoms with E-state index in [1.165, 1.54) is 0 Å². The normalized spacial score (nSPS) is 11.5. The van der Waals surface area contributed by atoms with Gasteiger partial charge in [-0.1, -0.05) is 0 Å². The first-order valence-electron chi connectivity index (χ1n) is 4.92. The topological polar surface area (TPSA) is 71.9 Å². The first kappa shape index (κ1) is 15.1. The molecule has 1 rings (SSSR count). The Labute approximate surface area is 104 Å². The molecule has 1 heterocycles. The first-order valence-corrected chi connectivity index (χ1v) is 4.92. The van der Waals surface area contributed by atoms with E-state index in [2.05, 4.69) is 9.72 Å². The molecule has 0 amide bonds. The second kappa shape index (κ2) is 5.79. The van der Waals surface area contributed by atoms with Crippen LogP contribution < -0.4 is 10.5 Å². The molecule has 9 heteroatoms. The van der Waals surface area contributed by atoms with Crippen molar-refractivity contribution in [3.05, 3.63) is 22.9 Å². The fourth-order valence-electron chi connectivity index (χ4n) is 1.40. The van der Waals surface area contributed by atoms with E-state index in [1.807, 2.05) is 0 Å². The highest BCUT2D eigenvalue weighted by atomic mass is 19.4. The molecule has 2 N–H and O–H groups in total. The third kappa shape index (κ3) is 4.03. The van der Waals surface area contributed by atoms with Crippen LogP contribution in [0.1, 0.15) is 23.2 Å². The molecule has 19 heavy (non-hydrogen) atoms. The molecule has 1 aromatic heterocycles. The molecule has 104 valence electrons. The number of rotatable bonds is 4. The van der Waals surface area contributed by atoms with Gasteiger partial charge in [0.05, 0.1) is 23.7 Å². The van der Waals surface area contributed by atoms with Gasteiger partial charge < -0.3 is 10.5 Å². The number of nitrogens with two attached hydrogens (primary N) is 1. The van der Waals surface area contributed by atoms with Crippen molar-refractivity contribution in [3.63, 3.8) is 0 Å². The van der Waals surface area contributed by atoms with Gasteiger partial charge in [0.1, 0.15) is 0 Å². The van der Waals surface area contributed by atoms with E-state index < -0.39 is 30.7 Å². The largest absolute Gasteiger partial charge is 0.574 e. The van der Waals surface area contributed by atoms with Gasteiger partial charge in [-0.25, -0.2) is 13.8 Å². The van der Waals surface area contributed by atoms with E-state index in [0.29, 0.717) is 0 Å². The maximum Gasteiger partial charge on any atom is 0.574 e. The van der Waals surface area contributed by atoms with Crippen molar-refractivity contribution in [1.82, 2.24) is 4.98 Å². The number of alkyl halides is 5. The summed E-state index contributed by atoms with van der Waals surface area (Å²) in [7, 11) is 0. The molecule has 0 aliphatic heterocycles. The number of pyridine rings is 1. The zero-order valence-corrected chi connectivity index (χ0v) is 9.34. The second-order valence-electron chi connectivity index (χ2n) is 3.38. The van der Waals surface area contributed by atoms with Gasteiger partial charge in [0.2, 0.25) is 5.88 Å². The molecular formula is C10H8F5N3O. The van der Waals surface area contributed by atoms with Gasteiger partial charge in [-0.05, 0) is 11.6 Å². The monoisotopic (exact) mass is 281 g/mol. The molecule has 0 unspecified atom stereocenters. The summed E-state index contributed by atoms with van der Waals surface area (Å²) >= 11 is 0. The molecule has 0 spiro atoms. The fourth-order valence-corrected chi connectivity index (χ4v) is 1.40. The van der Waals surface area contributed by atoms with Crippen LogP contribution in [-0.2, 0) is 13.0 Å². The van der Waals surface area contributed by atoms with Gasteiger partial charge in [0, 0.05) is 6.54 Å². The van der Waals surface area contributed by atoms with Gasteiger partial charge in [-0.3, -0.25) is 0 Å². The molecular weight excluding hydrogens is 273 g/mol. The highest BCUT2D eigenvalue weighted by molar-refractivity contribution is 5.39. The zero-order chi connectivity index (χ0) is 14.6. The summed E-state index contributed by atoms with van der Waals surface area (Å²) in [4.78, 5) is 3.28. The van der Waals surface area contributed by atoms with Crippen molar-refractivity contribution in [2.45, 2.75) is 25.8 Å². The molecule has 4 nitrogen and oxygen atoms in total. The molecule has 0 radical (unpaired) electrons. The SMILES string of the molecule is N#CCc1cc(CN)nc(OC(F)(F)F)c1C(F)F. The number of hydrogen-bond donors (Lipinski definition) is 1. The molecule has 0 atom stereocenters. The lowest BCUT2D eigenvalue weighted by Crippen LogP contribution is -2.20. The minimum atomic E-state index is -5.16. The number of ether oxygens (including phenoxy) is 1. The minimum Gasteiger partial charge on any atom is -0.387 e. The third-order valence-electron chi connectivity index (χ3n) is 2.07. The Morgan fingerprint density at radius 2 is 2.05 bits per heavy atom. The third-order valence-corrected chi connectivity index (χ3v) is 2.07. The van der Waals surface area contributed by atoms with Crippen LogP contribution in [0.2, 0.25) is 0 Å². The molecule has 0 aliphatic carbocycles. The maximum atomic E-state index is 12.8. The quantitative estimate of drug-likeness (QED) is 0.860. The summed E-state index contributed by atoms with van der Waals surface area (Å²) in [5.41, 5.74) is 3.80. The molecule has 0 aliphatic rings. The Bertz CT molecular complexity index is 495. The van der Waals surface area contributed by atoms with Crippen LogP contribution in [0, 0.1) is 11.3 Å². The van der Waals surface area contributed by atoms with Crippen LogP contribution in [0.5, 0.6) is 5.88 Å². The highest BCUT2D eigenvalue weighted by Crippen LogP contribution is 2.34. The van der Waals surface area contributed by atoms with Crippen molar-refractivity contribution >= 4 is 0 Å². The average molecular weight is 281 g/mol. The zero-order valence-electron chi connectivity index (χ0n) is 9.34. The summed E-state index contributed by atoms with van der Waals surface area (Å²) < 4.78 is 65.5. The fraction of sp³-hybridized carbons (Fsp3) is 0.400. The van der Waals surface area contributed by atoms with Crippen LogP contribution in [0.25, 0.3) is 0 Å². The predicted molar refractivity (Wildman–Crippen MR) is 53.1 cm³/mol. The average Bonchev–Trinajstić information content (AvgIpc) is 2.26. The van der Waals surface area contributed by atoms with Crippen molar-refractivity contribution in [1.29, 1.82) is 5.26 Å². The Hall–Kier alpha value is -1.95. The summed E-state index contributed by atoms with van der Waals surface area (Å²) in [5.74, 6) is -1.27. The summed E-state index contributed by atoms with van der Waals surface area (Å²) in [6, 6.07) is 2.65. The second-order valence-corrected chi connectivity index (χ2v) is 3.38. The molecule has 0 bridgehead atoms. The van der Waals surface area contributed by atoms with E-state index in [-0.39, 0.29) is 17.8 Å². The number of halogens is 5. The first-order chi connectivity index (χ1) is 8.78. The van der Waals surface area contributed by atoms with Crippen molar-refractivity contribution < 1.29 is 26.7 Å². The van der Waals surface area contributed by atoms with Gasteiger partial charge in [0.25, 0.3) is 6.43 Å². The Balaban J connectivity index is 3.40. The Kier molecular flexibility index (Phi) is 4.61. The lowest BCUT2D eigenvalue weighted by atomic mass is 10.1. The van der Waals surface area contributed by atoms with E-state index in [9.17, 15) is 22.0 Å². The molecule has 1 aromatic rings. The number of nitriles is 1. The smallest absolute Gasteiger partial charge is 0.387 e. The number of nitrogens with zero attached hydrogens (tertiary/aromatic N) is 2. The van der Waals surface area contributed by atoms with Crippen molar-refractivity contribution in [3.8, 4) is 11.9 Å². The van der Waals surface area contributed by atoms with Gasteiger partial charge in [0.15, 0.2) is 0 Å². The van der Waals surface area contributed by atoms with E-state index in [4.69, 9.17) is 11.0 Å². The molecule has 0 aromatic carbocycles. The summed E-state index contributed by atoms with van der Waals surface area (Å²) in [5, 5.41) is 8.50. The molecule has 0 saturated heterocycles. The van der Waals surface area contributed by atoms with E-state index in [1.54, 1.807) is 6.07 Å². The van der Waals surface area contributed by atoms with Gasteiger partial charge in [-0.15, -0.1) is 13.2 Å². The lowest BCUT2D eigenvalue weighted by Gasteiger charge is -2.15. The standard InChI is InChI=1S/C10H8F5N3O/c11-8(12)7-5(1-2-16)3-6(4-17)18-9(7)19-10(13,14)15/h3,8H,1,4,17H2. The van der Waals surface area contributed by atoms with E-state index in [0.717, 1.165) is 6.07 Å². The number of aromatic nitrogens is 1. The Morgan fingerprint density at radius 1 is 1.42 bits per heavy atom. The molecule has 0 fully saturated rings. The number of hydrogen-bond acceptors (Lipinski definition) is 4. The van der Waals surface area contributed by atoms with Crippen molar-refractivity contribution in [2.24, 2.45) is 5.73 Å².